The van der Waals surface area contributed by atoms with Gasteiger partial charge in [-0.15, -0.1) is 0 Å². The number of hydrazone groups is 1. The van der Waals surface area contributed by atoms with Crippen LogP contribution in [0.2, 0.25) is 0 Å². The van der Waals surface area contributed by atoms with E-state index < -0.39 is 5.97 Å². The minimum atomic E-state index is -1.02. The van der Waals surface area contributed by atoms with Gasteiger partial charge in [-0.25, -0.2) is 9.80 Å². The van der Waals surface area contributed by atoms with Crippen LogP contribution in [0.4, 0.5) is 5.69 Å². The SMILES string of the molecule is CCC1=NN(c2cccc(C(=O)O)c2)C(=O)C1C. The number of amides is 1. The second kappa shape index (κ2) is 4.60. The van der Waals surface area contributed by atoms with Crippen LogP contribution in [0.15, 0.2) is 29.4 Å². The zero-order chi connectivity index (χ0) is 13.3. The lowest BCUT2D eigenvalue weighted by atomic mass is 10.0. The van der Waals surface area contributed by atoms with Crippen LogP contribution in [0.1, 0.15) is 30.6 Å². The maximum absolute atomic E-state index is 12.0. The van der Waals surface area contributed by atoms with Gasteiger partial charge in [-0.05, 0) is 31.5 Å². The third kappa shape index (κ3) is 1.99. The Hall–Kier alpha value is -2.17. The smallest absolute Gasteiger partial charge is 0.335 e. The maximum Gasteiger partial charge on any atom is 0.335 e. The number of nitrogens with zero attached hydrogens (tertiary/aromatic N) is 2. The van der Waals surface area contributed by atoms with Gasteiger partial charge < -0.3 is 5.11 Å². The van der Waals surface area contributed by atoms with Crippen molar-refractivity contribution in [2.45, 2.75) is 20.3 Å². The zero-order valence-electron chi connectivity index (χ0n) is 10.3. The van der Waals surface area contributed by atoms with E-state index in [1.807, 2.05) is 13.8 Å². The summed E-state index contributed by atoms with van der Waals surface area (Å²) >= 11 is 0. The summed E-state index contributed by atoms with van der Waals surface area (Å²) in [6.07, 6.45) is 0.710. The molecule has 18 heavy (non-hydrogen) atoms. The predicted octanol–water partition coefficient (Wildman–Crippen LogP) is 2.13. The van der Waals surface area contributed by atoms with Crippen molar-refractivity contribution in [1.29, 1.82) is 0 Å². The first-order valence-electron chi connectivity index (χ1n) is 5.79. The molecule has 1 N–H and O–H groups in total. The van der Waals surface area contributed by atoms with Crippen LogP contribution in [-0.4, -0.2) is 22.7 Å². The third-order valence-corrected chi connectivity index (χ3v) is 3.01. The van der Waals surface area contributed by atoms with Gasteiger partial charge in [0.05, 0.1) is 22.9 Å². The molecule has 1 aromatic rings. The monoisotopic (exact) mass is 246 g/mol. The molecule has 1 aromatic carbocycles. The summed E-state index contributed by atoms with van der Waals surface area (Å²) < 4.78 is 0. The van der Waals surface area contributed by atoms with E-state index in [4.69, 9.17) is 5.11 Å². The van der Waals surface area contributed by atoms with Crippen molar-refractivity contribution in [3.63, 3.8) is 0 Å². The van der Waals surface area contributed by atoms with Gasteiger partial charge in [0.15, 0.2) is 0 Å². The van der Waals surface area contributed by atoms with Gasteiger partial charge in [0.1, 0.15) is 0 Å². The van der Waals surface area contributed by atoms with Crippen LogP contribution in [0.25, 0.3) is 0 Å². The molecule has 94 valence electrons. The van der Waals surface area contributed by atoms with Crippen molar-refractivity contribution >= 4 is 23.3 Å². The molecule has 1 aliphatic heterocycles. The lowest BCUT2D eigenvalue weighted by molar-refractivity contribution is -0.119. The van der Waals surface area contributed by atoms with E-state index in [0.717, 1.165) is 5.71 Å². The Bertz CT molecular complexity index is 537. The Morgan fingerprint density at radius 2 is 2.22 bits per heavy atom. The molecular formula is C13H14N2O3. The third-order valence-electron chi connectivity index (χ3n) is 3.01. The van der Waals surface area contributed by atoms with Gasteiger partial charge in [0.25, 0.3) is 5.91 Å². The van der Waals surface area contributed by atoms with Gasteiger partial charge >= 0.3 is 5.97 Å². The molecule has 1 atom stereocenters. The van der Waals surface area contributed by atoms with Gasteiger partial charge in [-0.1, -0.05) is 13.0 Å². The first kappa shape index (κ1) is 12.3. The molecule has 1 unspecified atom stereocenters. The first-order valence-corrected chi connectivity index (χ1v) is 5.79. The molecule has 5 heteroatoms. The molecule has 1 aliphatic rings. The van der Waals surface area contributed by atoms with E-state index in [1.54, 1.807) is 12.1 Å². The Morgan fingerprint density at radius 3 is 2.78 bits per heavy atom. The summed E-state index contributed by atoms with van der Waals surface area (Å²) in [6, 6.07) is 6.23. The van der Waals surface area contributed by atoms with E-state index in [9.17, 15) is 9.59 Å². The number of carbonyl (C=O) groups excluding carboxylic acids is 1. The minimum Gasteiger partial charge on any atom is -0.478 e. The average molecular weight is 246 g/mol. The number of carbonyl (C=O) groups is 2. The largest absolute Gasteiger partial charge is 0.478 e. The topological polar surface area (TPSA) is 70.0 Å². The molecule has 0 saturated carbocycles. The zero-order valence-corrected chi connectivity index (χ0v) is 10.3. The number of anilines is 1. The second-order valence-corrected chi connectivity index (χ2v) is 4.17. The quantitative estimate of drug-likeness (QED) is 0.888. The summed E-state index contributed by atoms with van der Waals surface area (Å²) in [5.74, 6) is -1.37. The highest BCUT2D eigenvalue weighted by Crippen LogP contribution is 2.25. The fourth-order valence-electron chi connectivity index (χ4n) is 1.92. The van der Waals surface area contributed by atoms with E-state index in [2.05, 4.69) is 5.10 Å². The van der Waals surface area contributed by atoms with Crippen molar-refractivity contribution in [2.24, 2.45) is 11.0 Å². The average Bonchev–Trinajstić information content (AvgIpc) is 2.66. The van der Waals surface area contributed by atoms with Crippen molar-refractivity contribution < 1.29 is 14.7 Å². The number of hydrogen-bond donors (Lipinski definition) is 1. The molecule has 2 rings (SSSR count). The Kier molecular flexibility index (Phi) is 3.14. The minimum absolute atomic E-state index is 0.116. The van der Waals surface area contributed by atoms with Crippen LogP contribution in [-0.2, 0) is 4.79 Å². The highest BCUT2D eigenvalue weighted by molar-refractivity contribution is 6.15. The maximum atomic E-state index is 12.0. The Balaban J connectivity index is 2.38. The summed E-state index contributed by atoms with van der Waals surface area (Å²) in [6.45, 7) is 3.76. The second-order valence-electron chi connectivity index (χ2n) is 4.17. The first-order chi connectivity index (χ1) is 8.54. The molecule has 0 bridgehead atoms. The van der Waals surface area contributed by atoms with Crippen molar-refractivity contribution in [3.05, 3.63) is 29.8 Å². The molecule has 0 saturated heterocycles. The highest BCUT2D eigenvalue weighted by atomic mass is 16.4. The van der Waals surface area contributed by atoms with Crippen LogP contribution in [0, 0.1) is 5.92 Å². The fourth-order valence-corrected chi connectivity index (χ4v) is 1.92. The van der Waals surface area contributed by atoms with E-state index >= 15 is 0 Å². The van der Waals surface area contributed by atoms with Gasteiger partial charge in [0, 0.05) is 0 Å². The molecule has 1 amide bonds. The number of carboxylic acid groups (broad SMARTS) is 1. The highest BCUT2D eigenvalue weighted by Gasteiger charge is 2.32. The van der Waals surface area contributed by atoms with Crippen LogP contribution in [0.3, 0.4) is 0 Å². The van der Waals surface area contributed by atoms with E-state index in [0.29, 0.717) is 12.1 Å². The van der Waals surface area contributed by atoms with Crippen LogP contribution >= 0.6 is 0 Å². The lowest BCUT2D eigenvalue weighted by Gasteiger charge is -2.13. The number of benzene rings is 1. The number of hydrogen-bond acceptors (Lipinski definition) is 3. The molecule has 0 aromatic heterocycles. The molecule has 1 heterocycles. The molecule has 0 radical (unpaired) electrons. The Morgan fingerprint density at radius 1 is 1.50 bits per heavy atom. The van der Waals surface area contributed by atoms with Gasteiger partial charge in [-0.2, -0.15) is 5.10 Å². The van der Waals surface area contributed by atoms with Crippen LogP contribution < -0.4 is 5.01 Å². The van der Waals surface area contributed by atoms with Gasteiger partial charge in [0.2, 0.25) is 0 Å². The standard InChI is InChI=1S/C13H14N2O3/c1-3-11-8(2)12(16)15(14-11)10-6-4-5-9(7-10)13(17)18/h4-8H,3H2,1-2H3,(H,17,18). The normalized spacial score (nSPS) is 19.0. The molecule has 5 nitrogen and oxygen atoms in total. The summed E-state index contributed by atoms with van der Waals surface area (Å²) in [5.41, 5.74) is 1.46. The predicted molar refractivity (Wildman–Crippen MR) is 67.8 cm³/mol. The van der Waals surface area contributed by atoms with Crippen LogP contribution in [0.5, 0.6) is 0 Å². The Labute approximate surface area is 105 Å². The number of carboxylic acids is 1. The van der Waals surface area contributed by atoms with Gasteiger partial charge in [-0.3, -0.25) is 4.79 Å². The summed E-state index contributed by atoms with van der Waals surface area (Å²) in [5, 5.41) is 14.5. The van der Waals surface area contributed by atoms with E-state index in [-0.39, 0.29) is 17.4 Å². The summed E-state index contributed by atoms with van der Waals surface area (Å²) in [7, 11) is 0. The van der Waals surface area contributed by atoms with Crippen molar-refractivity contribution in [3.8, 4) is 0 Å². The molecule has 0 fully saturated rings. The summed E-state index contributed by atoms with van der Waals surface area (Å²) in [4.78, 5) is 22.9. The lowest BCUT2D eigenvalue weighted by Crippen LogP contribution is -2.25. The molecular weight excluding hydrogens is 232 g/mol. The fraction of sp³-hybridized carbons (Fsp3) is 0.308. The van der Waals surface area contributed by atoms with E-state index in [1.165, 1.54) is 17.1 Å². The van der Waals surface area contributed by atoms with Crippen molar-refractivity contribution in [2.75, 3.05) is 5.01 Å². The number of rotatable bonds is 3. The number of aromatic carboxylic acids is 1. The molecule has 0 spiro atoms. The molecule has 0 aliphatic carbocycles. The van der Waals surface area contributed by atoms with Crippen molar-refractivity contribution in [1.82, 2.24) is 0 Å².